The van der Waals surface area contributed by atoms with Crippen LogP contribution in [0, 0.1) is 0 Å². The number of hydrogen-bond acceptors (Lipinski definition) is 4. The molecule has 0 saturated carbocycles. The van der Waals surface area contributed by atoms with E-state index in [1.165, 1.54) is 15.6 Å². The van der Waals surface area contributed by atoms with E-state index >= 15 is 0 Å². The molecule has 104 valence electrons. The van der Waals surface area contributed by atoms with Crippen molar-refractivity contribution in [2.75, 3.05) is 32.9 Å². The van der Waals surface area contributed by atoms with E-state index in [2.05, 4.69) is 35.0 Å². The van der Waals surface area contributed by atoms with Gasteiger partial charge in [-0.25, -0.2) is 0 Å². The number of aliphatic hydroxyl groups excluding tert-OH is 1. The molecule has 19 heavy (non-hydrogen) atoms. The van der Waals surface area contributed by atoms with E-state index in [1.54, 1.807) is 11.3 Å². The molecule has 0 aliphatic carbocycles. The zero-order chi connectivity index (χ0) is 13.3. The normalized spacial score (nSPS) is 11.2. The van der Waals surface area contributed by atoms with Crippen LogP contribution in [-0.4, -0.2) is 38.0 Å². The molecule has 1 aromatic carbocycles. The molecule has 0 saturated heterocycles. The zero-order valence-corrected chi connectivity index (χ0v) is 11.9. The van der Waals surface area contributed by atoms with Crippen LogP contribution in [0.4, 0.5) is 0 Å². The number of benzene rings is 1. The summed E-state index contributed by atoms with van der Waals surface area (Å²) in [6, 6.07) is 8.79. The van der Waals surface area contributed by atoms with E-state index in [-0.39, 0.29) is 6.61 Å². The summed E-state index contributed by atoms with van der Waals surface area (Å²) in [6.45, 7) is 3.32. The van der Waals surface area contributed by atoms with Crippen LogP contribution in [0.15, 0.2) is 29.6 Å². The third-order valence-electron chi connectivity index (χ3n) is 2.98. The Morgan fingerprint density at radius 1 is 1.16 bits per heavy atom. The number of fused-ring (bicyclic) bond motifs is 1. The maximum Gasteiger partial charge on any atom is 0.0555 e. The molecule has 0 bridgehead atoms. The first-order chi connectivity index (χ1) is 9.40. The van der Waals surface area contributed by atoms with Gasteiger partial charge in [-0.05, 0) is 47.8 Å². The molecule has 2 rings (SSSR count). The van der Waals surface area contributed by atoms with E-state index in [1.807, 2.05) is 0 Å². The molecule has 0 radical (unpaired) electrons. The van der Waals surface area contributed by atoms with Crippen LogP contribution in [0.1, 0.15) is 12.0 Å². The van der Waals surface area contributed by atoms with Gasteiger partial charge in [-0.15, -0.1) is 11.3 Å². The van der Waals surface area contributed by atoms with Crippen molar-refractivity contribution < 1.29 is 9.84 Å². The lowest BCUT2D eigenvalue weighted by atomic mass is 10.1. The molecule has 0 aliphatic heterocycles. The zero-order valence-electron chi connectivity index (χ0n) is 11.1. The summed E-state index contributed by atoms with van der Waals surface area (Å²) in [5.74, 6) is 0. The highest BCUT2D eigenvalue weighted by atomic mass is 32.1. The van der Waals surface area contributed by atoms with Gasteiger partial charge in [0.2, 0.25) is 0 Å². The van der Waals surface area contributed by atoms with Crippen LogP contribution in [0.25, 0.3) is 10.1 Å². The van der Waals surface area contributed by atoms with Gasteiger partial charge in [0.1, 0.15) is 0 Å². The molecule has 0 spiro atoms. The first-order valence-corrected chi connectivity index (χ1v) is 7.63. The highest BCUT2D eigenvalue weighted by Crippen LogP contribution is 2.21. The van der Waals surface area contributed by atoms with Crippen LogP contribution < -0.4 is 5.32 Å². The molecule has 3 nitrogen and oxygen atoms in total. The number of hydrogen-bond donors (Lipinski definition) is 2. The van der Waals surface area contributed by atoms with Gasteiger partial charge in [0.25, 0.3) is 0 Å². The Morgan fingerprint density at radius 2 is 2.11 bits per heavy atom. The summed E-state index contributed by atoms with van der Waals surface area (Å²) in [6.07, 6.45) is 1.96. The van der Waals surface area contributed by atoms with Crippen molar-refractivity contribution in [3.05, 3.63) is 35.2 Å². The summed E-state index contributed by atoms with van der Waals surface area (Å²) in [4.78, 5) is 0. The lowest BCUT2D eigenvalue weighted by Gasteiger charge is -2.05. The van der Waals surface area contributed by atoms with E-state index in [4.69, 9.17) is 9.84 Å². The lowest BCUT2D eigenvalue weighted by molar-refractivity contribution is 0.134. The smallest absolute Gasteiger partial charge is 0.0555 e. The molecule has 0 unspecified atom stereocenters. The van der Waals surface area contributed by atoms with Crippen LogP contribution in [0.2, 0.25) is 0 Å². The predicted octanol–water partition coefficient (Wildman–Crippen LogP) is 2.43. The number of ether oxygens (including phenoxy) is 1. The lowest BCUT2D eigenvalue weighted by Crippen LogP contribution is -2.20. The van der Waals surface area contributed by atoms with Crippen LogP contribution in [0.3, 0.4) is 0 Å². The van der Waals surface area contributed by atoms with Crippen molar-refractivity contribution in [2.45, 2.75) is 12.8 Å². The molecule has 0 aliphatic rings. The van der Waals surface area contributed by atoms with Crippen molar-refractivity contribution in [2.24, 2.45) is 0 Å². The number of rotatable bonds is 9. The van der Waals surface area contributed by atoms with E-state index < -0.39 is 0 Å². The Balaban J connectivity index is 1.60. The van der Waals surface area contributed by atoms with Crippen molar-refractivity contribution in [1.29, 1.82) is 0 Å². The minimum Gasteiger partial charge on any atom is -0.395 e. The number of thiophene rings is 1. The van der Waals surface area contributed by atoms with Gasteiger partial charge in [0.15, 0.2) is 0 Å². The third kappa shape index (κ3) is 4.91. The van der Waals surface area contributed by atoms with Gasteiger partial charge in [-0.1, -0.05) is 12.1 Å². The predicted molar refractivity (Wildman–Crippen MR) is 80.9 cm³/mol. The minimum absolute atomic E-state index is 0.200. The maximum absolute atomic E-state index is 8.60. The summed E-state index contributed by atoms with van der Waals surface area (Å²) in [7, 11) is 0. The van der Waals surface area contributed by atoms with Crippen molar-refractivity contribution in [1.82, 2.24) is 5.32 Å². The fraction of sp³-hybridized carbons (Fsp3) is 0.467. The topological polar surface area (TPSA) is 41.5 Å². The molecule has 0 amide bonds. The second-order valence-corrected chi connectivity index (χ2v) is 5.43. The van der Waals surface area contributed by atoms with Gasteiger partial charge in [-0.2, -0.15) is 0 Å². The van der Waals surface area contributed by atoms with Gasteiger partial charge in [-0.3, -0.25) is 0 Å². The SMILES string of the molecule is OCCNCCCOCCc1ccc2sccc2c1. The van der Waals surface area contributed by atoms with Crippen molar-refractivity contribution >= 4 is 21.4 Å². The van der Waals surface area contributed by atoms with E-state index in [0.717, 1.165) is 32.6 Å². The monoisotopic (exact) mass is 279 g/mol. The van der Waals surface area contributed by atoms with Gasteiger partial charge < -0.3 is 15.2 Å². The first-order valence-electron chi connectivity index (χ1n) is 6.75. The summed E-state index contributed by atoms with van der Waals surface area (Å²) < 4.78 is 6.96. The Morgan fingerprint density at radius 3 is 3.00 bits per heavy atom. The Labute approximate surface area is 118 Å². The average Bonchev–Trinajstić information content (AvgIpc) is 2.89. The first kappa shape index (κ1) is 14.5. The van der Waals surface area contributed by atoms with Crippen LogP contribution in [0.5, 0.6) is 0 Å². The van der Waals surface area contributed by atoms with E-state index in [0.29, 0.717) is 6.54 Å². The molecule has 4 heteroatoms. The molecular weight excluding hydrogens is 258 g/mol. The Bertz CT molecular complexity index is 484. The highest BCUT2D eigenvalue weighted by Gasteiger charge is 1.98. The van der Waals surface area contributed by atoms with Gasteiger partial charge in [0, 0.05) is 17.9 Å². The molecule has 0 atom stereocenters. The second-order valence-electron chi connectivity index (χ2n) is 4.48. The molecule has 2 N–H and O–H groups in total. The maximum atomic E-state index is 8.60. The van der Waals surface area contributed by atoms with Crippen molar-refractivity contribution in [3.63, 3.8) is 0 Å². The quantitative estimate of drug-likeness (QED) is 0.693. The fourth-order valence-corrected chi connectivity index (χ4v) is 2.74. The van der Waals surface area contributed by atoms with Gasteiger partial charge in [0.05, 0.1) is 13.2 Å². The van der Waals surface area contributed by atoms with Crippen LogP contribution in [-0.2, 0) is 11.2 Å². The second kappa shape index (κ2) is 8.27. The summed E-state index contributed by atoms with van der Waals surface area (Å²) >= 11 is 1.78. The summed E-state index contributed by atoms with van der Waals surface area (Å²) in [5, 5.41) is 15.2. The largest absolute Gasteiger partial charge is 0.395 e. The molecule has 1 aromatic heterocycles. The van der Waals surface area contributed by atoms with E-state index in [9.17, 15) is 0 Å². The van der Waals surface area contributed by atoms with Crippen LogP contribution >= 0.6 is 11.3 Å². The fourth-order valence-electron chi connectivity index (χ4n) is 1.97. The molecule has 1 heterocycles. The molecule has 2 aromatic rings. The molecule has 0 fully saturated rings. The van der Waals surface area contributed by atoms with Gasteiger partial charge >= 0.3 is 0 Å². The molecular formula is C15H21NO2S. The highest BCUT2D eigenvalue weighted by molar-refractivity contribution is 7.17. The average molecular weight is 279 g/mol. The Kier molecular flexibility index (Phi) is 6.30. The third-order valence-corrected chi connectivity index (χ3v) is 3.88. The number of aliphatic hydroxyl groups is 1. The van der Waals surface area contributed by atoms with Crippen molar-refractivity contribution in [3.8, 4) is 0 Å². The number of nitrogens with one attached hydrogen (secondary N) is 1. The standard InChI is InChI=1S/C15H21NO2S/c17-8-7-16-6-1-9-18-10-4-13-2-3-15-14(12-13)5-11-19-15/h2-3,5,11-12,16-17H,1,4,6-10H2. The Hall–Kier alpha value is -0.940. The summed E-state index contributed by atoms with van der Waals surface area (Å²) in [5.41, 5.74) is 1.34. The minimum atomic E-state index is 0.200.